The van der Waals surface area contributed by atoms with Gasteiger partial charge in [0.1, 0.15) is 31.1 Å². The molecular formula is C42H46N5O9S2+. The minimum atomic E-state index is -4.77. The van der Waals surface area contributed by atoms with Crippen LogP contribution in [-0.4, -0.2) is 89.8 Å². The maximum Gasteiger partial charge on any atom is 0.294 e. The molecule has 0 bridgehead atoms. The molecule has 9 rings (SSSR count). The van der Waals surface area contributed by atoms with Gasteiger partial charge >= 0.3 is 0 Å². The monoisotopic (exact) mass is 828 g/mol. The van der Waals surface area contributed by atoms with Gasteiger partial charge in [-0.3, -0.25) is 23.8 Å². The first-order valence-electron chi connectivity index (χ1n) is 20.2. The first-order chi connectivity index (χ1) is 27.9. The van der Waals surface area contributed by atoms with E-state index in [4.69, 9.17) is 4.74 Å². The third-order valence-electron chi connectivity index (χ3n) is 12.2. The quantitative estimate of drug-likeness (QED) is 0.0826. The average Bonchev–Trinajstić information content (AvgIpc) is 3.52. The lowest BCUT2D eigenvalue weighted by molar-refractivity contribution is -0.141. The highest BCUT2D eigenvalue weighted by Crippen LogP contribution is 2.49. The number of rotatable bonds is 12. The molecule has 0 saturated heterocycles. The first kappa shape index (κ1) is 38.6. The second kappa shape index (κ2) is 15.0. The molecule has 16 heteroatoms. The fraction of sp³-hybridized carbons (Fsp3) is 0.429. The van der Waals surface area contributed by atoms with Gasteiger partial charge in [0, 0.05) is 89.9 Å². The van der Waals surface area contributed by atoms with E-state index in [1.165, 1.54) is 34.3 Å². The van der Waals surface area contributed by atoms with E-state index in [0.717, 1.165) is 134 Å². The molecule has 6 aliphatic rings. The Labute approximate surface area is 337 Å². The van der Waals surface area contributed by atoms with Crippen LogP contribution < -0.4 is 34.8 Å². The Morgan fingerprint density at radius 3 is 2.28 bits per heavy atom. The predicted molar refractivity (Wildman–Crippen MR) is 214 cm³/mol. The number of hydrogen-bond donors (Lipinski definition) is 3. The van der Waals surface area contributed by atoms with Crippen LogP contribution in [0.3, 0.4) is 0 Å². The molecule has 0 atom stereocenters. The number of anilines is 1. The summed E-state index contributed by atoms with van der Waals surface area (Å²) in [5, 5.41) is 4.69. The number of unbranched alkanes of at least 4 members (excludes halogenated alkanes) is 2. The Kier molecular flexibility index (Phi) is 10.0. The molecule has 0 aromatic heterocycles. The number of aryl methyl sites for hydroxylation is 2. The number of hydrogen-bond acceptors (Lipinski definition) is 9. The van der Waals surface area contributed by atoms with E-state index in [0.29, 0.717) is 30.4 Å². The Morgan fingerprint density at radius 1 is 0.793 bits per heavy atom. The van der Waals surface area contributed by atoms with Gasteiger partial charge < -0.3 is 15.0 Å². The van der Waals surface area contributed by atoms with Gasteiger partial charge in [0.15, 0.2) is 0 Å². The van der Waals surface area contributed by atoms with Crippen molar-refractivity contribution >= 4 is 49.1 Å². The SMILES string of the molecule is O=C(CN1C(=O)C=CC1=O)NCCCCCNS(=O)(=O)c1cc(S(=O)(=O)O)ccc1C1=c2cc3c4c(c2Oc2c1cc1c5c2CCCN5CCC1)CCC[N+]=4CCC3. The molecule has 0 unspecified atom stereocenters. The standard InChI is InChI=1S/C42H45N5O9S2/c48-35(25-47-36(49)14-15-37(47)50)43-16-2-1-3-17-44-57(51,52)34-24-28(58(53,54)55)12-13-29(34)38-32-22-26-8-4-18-45-20-6-10-30(39(26)45)41(32)56-42-31-11-7-21-46-19-5-9-27(40(31)46)23-33(38)42/h12-15,22-24,44H,1-11,16-21,25H2,(H-,43,48,53,54,55)/p+1. The van der Waals surface area contributed by atoms with E-state index in [-0.39, 0.29) is 24.5 Å². The molecule has 3 amide bonds. The highest BCUT2D eigenvalue weighted by Gasteiger charge is 2.37. The van der Waals surface area contributed by atoms with Crippen LogP contribution in [0.2, 0.25) is 0 Å². The second-order valence-corrected chi connectivity index (χ2v) is 19.0. The van der Waals surface area contributed by atoms with Gasteiger partial charge in [-0.2, -0.15) is 8.42 Å². The summed E-state index contributed by atoms with van der Waals surface area (Å²) >= 11 is 0. The van der Waals surface area contributed by atoms with E-state index in [9.17, 15) is 35.8 Å². The third kappa shape index (κ3) is 6.92. The summed E-state index contributed by atoms with van der Waals surface area (Å²) in [5.41, 5.74) is 7.64. The Balaban J connectivity index is 1.08. The summed E-state index contributed by atoms with van der Waals surface area (Å²) in [6.45, 7) is 3.81. The van der Waals surface area contributed by atoms with Crippen LogP contribution >= 0.6 is 0 Å². The normalized spacial score (nSPS) is 18.1. The fourth-order valence-corrected chi connectivity index (χ4v) is 11.5. The lowest BCUT2D eigenvalue weighted by Gasteiger charge is -2.39. The molecule has 0 spiro atoms. The number of imide groups is 1. The lowest BCUT2D eigenvalue weighted by Crippen LogP contribution is -2.45. The minimum absolute atomic E-state index is 0.0286. The van der Waals surface area contributed by atoms with Gasteiger partial charge in [-0.25, -0.2) is 17.7 Å². The van der Waals surface area contributed by atoms with E-state index in [1.54, 1.807) is 0 Å². The Hall–Kier alpha value is -4.90. The first-order valence-corrected chi connectivity index (χ1v) is 23.2. The number of carbonyl (C=O) groups is 3. The van der Waals surface area contributed by atoms with Crippen LogP contribution in [-0.2, 0) is 60.2 Å². The number of nitrogens with one attached hydrogen (secondary N) is 2. The molecule has 6 heterocycles. The molecular weight excluding hydrogens is 783 g/mol. The lowest BCUT2D eigenvalue weighted by atomic mass is 9.82. The van der Waals surface area contributed by atoms with Gasteiger partial charge in [0.2, 0.25) is 21.3 Å². The molecule has 6 aliphatic heterocycles. The summed E-state index contributed by atoms with van der Waals surface area (Å²) in [6, 6.07) is 8.11. The molecule has 0 saturated carbocycles. The van der Waals surface area contributed by atoms with Crippen molar-refractivity contribution in [1.29, 1.82) is 0 Å². The van der Waals surface area contributed by atoms with Gasteiger partial charge in [-0.1, -0.05) is 12.5 Å². The zero-order valence-electron chi connectivity index (χ0n) is 32.1. The largest absolute Gasteiger partial charge is 0.455 e. The van der Waals surface area contributed by atoms with Crippen LogP contribution in [0.4, 0.5) is 5.69 Å². The van der Waals surface area contributed by atoms with E-state index < -0.39 is 42.8 Å². The van der Waals surface area contributed by atoms with Gasteiger partial charge in [-0.05, 0) is 81.2 Å². The van der Waals surface area contributed by atoms with Crippen LogP contribution in [0.25, 0.3) is 5.57 Å². The molecule has 58 heavy (non-hydrogen) atoms. The number of sulfonamides is 1. The van der Waals surface area contributed by atoms with Crippen molar-refractivity contribution in [2.45, 2.75) is 80.4 Å². The van der Waals surface area contributed by atoms with Crippen molar-refractivity contribution in [3.05, 3.63) is 86.4 Å². The predicted octanol–water partition coefficient (Wildman–Crippen LogP) is 1.86. The van der Waals surface area contributed by atoms with E-state index in [1.807, 2.05) is 0 Å². The van der Waals surface area contributed by atoms with Gasteiger partial charge in [0.25, 0.3) is 21.9 Å². The van der Waals surface area contributed by atoms with Crippen LogP contribution in [0, 0.1) is 0 Å². The number of fused-ring (bicyclic) bond motifs is 4. The maximum absolute atomic E-state index is 14.4. The second-order valence-electron chi connectivity index (χ2n) is 15.9. The molecule has 0 aliphatic carbocycles. The molecule has 3 aromatic rings. The van der Waals surface area contributed by atoms with E-state index in [2.05, 4.69) is 31.6 Å². The highest BCUT2D eigenvalue weighted by molar-refractivity contribution is 7.89. The molecule has 0 fully saturated rings. The minimum Gasteiger partial charge on any atom is -0.455 e. The van der Waals surface area contributed by atoms with Crippen LogP contribution in [0.15, 0.2) is 52.3 Å². The van der Waals surface area contributed by atoms with Crippen molar-refractivity contribution < 1.29 is 40.5 Å². The molecule has 3 N–H and O–H groups in total. The smallest absolute Gasteiger partial charge is 0.294 e. The van der Waals surface area contributed by atoms with Crippen molar-refractivity contribution in [1.82, 2.24) is 19.5 Å². The third-order valence-corrected chi connectivity index (χ3v) is 14.5. The summed E-state index contributed by atoms with van der Waals surface area (Å²) in [4.78, 5) is 38.3. The fourth-order valence-electron chi connectivity index (χ4n) is 9.62. The Bertz CT molecular complexity index is 2670. The molecule has 3 aromatic carbocycles. The summed E-state index contributed by atoms with van der Waals surface area (Å²) in [6.07, 6.45) is 11.0. The highest BCUT2D eigenvalue weighted by atomic mass is 32.2. The summed E-state index contributed by atoms with van der Waals surface area (Å²) in [7, 11) is -9.14. The number of amides is 3. The number of ether oxygens (including phenoxy) is 1. The zero-order chi connectivity index (χ0) is 40.3. The molecule has 304 valence electrons. The summed E-state index contributed by atoms with van der Waals surface area (Å²) in [5.74, 6) is -0.0951. The molecule has 14 nitrogen and oxygen atoms in total. The maximum atomic E-state index is 14.4. The number of nitrogens with zero attached hydrogens (tertiary/aromatic N) is 3. The van der Waals surface area contributed by atoms with Crippen LogP contribution in [0.1, 0.15) is 78.3 Å². The Morgan fingerprint density at radius 2 is 1.50 bits per heavy atom. The average molecular weight is 829 g/mol. The topological polar surface area (TPSA) is 182 Å². The van der Waals surface area contributed by atoms with Gasteiger partial charge in [0.05, 0.1) is 15.4 Å². The molecule has 0 radical (unpaired) electrons. The van der Waals surface area contributed by atoms with Gasteiger partial charge in [-0.15, -0.1) is 0 Å². The van der Waals surface area contributed by atoms with Crippen molar-refractivity contribution in [3.63, 3.8) is 0 Å². The number of carbonyl (C=O) groups excluding carboxylic acids is 3. The van der Waals surface area contributed by atoms with Crippen molar-refractivity contribution in [2.75, 3.05) is 50.7 Å². The van der Waals surface area contributed by atoms with E-state index >= 15 is 0 Å². The van der Waals surface area contributed by atoms with Crippen molar-refractivity contribution in [3.8, 4) is 11.5 Å². The number of benzene rings is 3. The summed E-state index contributed by atoms with van der Waals surface area (Å²) < 4.78 is 76.3. The van der Waals surface area contributed by atoms with Crippen LogP contribution in [0.5, 0.6) is 11.5 Å². The van der Waals surface area contributed by atoms with Crippen molar-refractivity contribution in [2.24, 2.45) is 0 Å². The zero-order valence-corrected chi connectivity index (χ0v) is 33.8.